The lowest BCUT2D eigenvalue weighted by atomic mass is 10.2. The van der Waals surface area contributed by atoms with E-state index >= 15 is 0 Å². The van der Waals surface area contributed by atoms with Gasteiger partial charge < -0.3 is 9.80 Å². The Kier molecular flexibility index (Phi) is 4.34. The monoisotopic (exact) mass is 382 g/mol. The van der Waals surface area contributed by atoms with Gasteiger partial charge in [0.2, 0.25) is 0 Å². The molecule has 1 saturated heterocycles. The van der Waals surface area contributed by atoms with Gasteiger partial charge in [-0.25, -0.2) is 9.97 Å². The van der Waals surface area contributed by atoms with Gasteiger partial charge in [0.1, 0.15) is 12.1 Å². The first-order valence-electron chi connectivity index (χ1n) is 8.26. The van der Waals surface area contributed by atoms with Gasteiger partial charge in [-0.3, -0.25) is 0 Å². The zero-order valence-electron chi connectivity index (χ0n) is 13.4. The van der Waals surface area contributed by atoms with Crippen LogP contribution < -0.4 is 9.80 Å². The van der Waals surface area contributed by atoms with Gasteiger partial charge in [-0.1, -0.05) is 34.1 Å². The minimum atomic E-state index is 0.966. The SMILES string of the molecule is Brc1ccc2ncnc(N3CCCN(c4ccccc4)CC3)c2c1. The summed E-state index contributed by atoms with van der Waals surface area (Å²) >= 11 is 3.56. The molecule has 0 amide bonds. The van der Waals surface area contributed by atoms with Crippen LogP contribution in [0.25, 0.3) is 10.9 Å². The molecule has 0 saturated carbocycles. The third-order valence-electron chi connectivity index (χ3n) is 4.49. The second kappa shape index (κ2) is 6.77. The van der Waals surface area contributed by atoms with Crippen molar-refractivity contribution in [1.29, 1.82) is 0 Å². The maximum absolute atomic E-state index is 4.59. The topological polar surface area (TPSA) is 32.3 Å². The second-order valence-electron chi connectivity index (χ2n) is 6.02. The van der Waals surface area contributed by atoms with Gasteiger partial charge in [-0.2, -0.15) is 0 Å². The zero-order valence-corrected chi connectivity index (χ0v) is 15.0. The van der Waals surface area contributed by atoms with E-state index in [-0.39, 0.29) is 0 Å². The van der Waals surface area contributed by atoms with E-state index in [1.54, 1.807) is 6.33 Å². The van der Waals surface area contributed by atoms with Gasteiger partial charge in [-0.05, 0) is 36.8 Å². The Bertz CT molecular complexity index is 837. The first-order valence-corrected chi connectivity index (χ1v) is 9.06. The van der Waals surface area contributed by atoms with Crippen molar-refractivity contribution in [2.24, 2.45) is 0 Å². The first-order chi connectivity index (χ1) is 11.8. The van der Waals surface area contributed by atoms with E-state index in [0.29, 0.717) is 0 Å². The van der Waals surface area contributed by atoms with E-state index < -0.39 is 0 Å². The highest BCUT2D eigenvalue weighted by molar-refractivity contribution is 9.10. The lowest BCUT2D eigenvalue weighted by Crippen LogP contribution is -2.31. The van der Waals surface area contributed by atoms with Gasteiger partial charge in [0.05, 0.1) is 5.52 Å². The number of aromatic nitrogens is 2. The molecule has 1 aliphatic rings. The number of para-hydroxylation sites is 1. The average Bonchev–Trinajstić information content (AvgIpc) is 2.88. The van der Waals surface area contributed by atoms with Crippen LogP contribution in [0.3, 0.4) is 0 Å². The predicted octanol–water partition coefficient (Wildman–Crippen LogP) is 4.11. The largest absolute Gasteiger partial charge is 0.370 e. The van der Waals surface area contributed by atoms with Crippen LogP contribution in [0.2, 0.25) is 0 Å². The van der Waals surface area contributed by atoms with Crippen molar-refractivity contribution in [1.82, 2.24) is 9.97 Å². The molecule has 4 rings (SSSR count). The molecule has 1 aliphatic heterocycles. The van der Waals surface area contributed by atoms with Crippen LogP contribution in [0.4, 0.5) is 11.5 Å². The maximum Gasteiger partial charge on any atom is 0.139 e. The van der Waals surface area contributed by atoms with Crippen LogP contribution in [-0.4, -0.2) is 36.1 Å². The average molecular weight is 383 g/mol. The van der Waals surface area contributed by atoms with Crippen LogP contribution >= 0.6 is 15.9 Å². The van der Waals surface area contributed by atoms with Crippen molar-refractivity contribution >= 4 is 38.3 Å². The van der Waals surface area contributed by atoms with Gasteiger partial charge in [0, 0.05) is 41.7 Å². The van der Waals surface area contributed by atoms with Crippen molar-refractivity contribution in [2.75, 3.05) is 36.0 Å². The Labute approximate surface area is 150 Å². The van der Waals surface area contributed by atoms with E-state index in [4.69, 9.17) is 0 Å². The maximum atomic E-state index is 4.59. The van der Waals surface area contributed by atoms with Crippen LogP contribution in [-0.2, 0) is 0 Å². The number of halogens is 1. The molecule has 4 nitrogen and oxygen atoms in total. The minimum Gasteiger partial charge on any atom is -0.370 e. The van der Waals surface area contributed by atoms with Crippen LogP contribution in [0.5, 0.6) is 0 Å². The molecule has 0 unspecified atom stereocenters. The Hall–Kier alpha value is -2.14. The minimum absolute atomic E-state index is 0.966. The van der Waals surface area contributed by atoms with Crippen LogP contribution in [0.15, 0.2) is 59.3 Å². The fourth-order valence-electron chi connectivity index (χ4n) is 3.29. The molecule has 122 valence electrons. The summed E-state index contributed by atoms with van der Waals surface area (Å²) in [5.41, 5.74) is 2.29. The summed E-state index contributed by atoms with van der Waals surface area (Å²) in [6.45, 7) is 4.06. The summed E-state index contributed by atoms with van der Waals surface area (Å²) in [5, 5.41) is 1.11. The third-order valence-corrected chi connectivity index (χ3v) is 4.99. The molecule has 1 fully saturated rings. The highest BCUT2D eigenvalue weighted by atomic mass is 79.9. The van der Waals surface area contributed by atoms with Crippen molar-refractivity contribution in [3.8, 4) is 0 Å². The first kappa shape index (κ1) is 15.4. The molecular formula is C19H19BrN4. The number of hydrogen-bond donors (Lipinski definition) is 0. The molecule has 3 aromatic rings. The van der Waals surface area contributed by atoms with E-state index in [2.05, 4.69) is 72.1 Å². The molecule has 24 heavy (non-hydrogen) atoms. The molecule has 0 N–H and O–H groups in total. The Balaban J connectivity index is 1.61. The molecule has 0 bridgehead atoms. The number of anilines is 2. The summed E-state index contributed by atoms with van der Waals surface area (Å²) in [5.74, 6) is 1.04. The second-order valence-corrected chi connectivity index (χ2v) is 6.94. The summed E-state index contributed by atoms with van der Waals surface area (Å²) in [6.07, 6.45) is 2.79. The van der Waals surface area contributed by atoms with Gasteiger partial charge in [-0.15, -0.1) is 0 Å². The standard InChI is InChI=1S/C19H19BrN4/c20-15-7-8-18-17(13-15)19(22-14-21-18)24-10-4-9-23(11-12-24)16-5-2-1-3-6-16/h1-3,5-8,13-14H,4,9-12H2. The Morgan fingerprint density at radius 3 is 2.50 bits per heavy atom. The Morgan fingerprint density at radius 1 is 0.833 bits per heavy atom. The molecule has 2 heterocycles. The summed E-state index contributed by atoms with van der Waals surface area (Å²) in [6, 6.07) is 16.8. The van der Waals surface area contributed by atoms with Crippen molar-refractivity contribution < 1.29 is 0 Å². The summed E-state index contributed by atoms with van der Waals surface area (Å²) in [7, 11) is 0. The van der Waals surface area contributed by atoms with E-state index in [0.717, 1.165) is 53.8 Å². The molecule has 0 spiro atoms. The van der Waals surface area contributed by atoms with E-state index in [9.17, 15) is 0 Å². The van der Waals surface area contributed by atoms with E-state index in [1.165, 1.54) is 5.69 Å². The molecular weight excluding hydrogens is 364 g/mol. The predicted molar refractivity (Wildman–Crippen MR) is 103 cm³/mol. The number of hydrogen-bond acceptors (Lipinski definition) is 4. The highest BCUT2D eigenvalue weighted by Gasteiger charge is 2.18. The lowest BCUT2D eigenvalue weighted by Gasteiger charge is -2.24. The normalized spacial score (nSPS) is 15.5. The van der Waals surface area contributed by atoms with Gasteiger partial charge >= 0.3 is 0 Å². The van der Waals surface area contributed by atoms with Gasteiger partial charge in [0.15, 0.2) is 0 Å². The van der Waals surface area contributed by atoms with Crippen molar-refractivity contribution in [3.05, 3.63) is 59.3 Å². The van der Waals surface area contributed by atoms with Crippen molar-refractivity contribution in [2.45, 2.75) is 6.42 Å². The fraction of sp³-hybridized carbons (Fsp3) is 0.263. The molecule has 0 aliphatic carbocycles. The number of benzene rings is 2. The molecule has 1 aromatic heterocycles. The molecule has 5 heteroatoms. The Morgan fingerprint density at radius 2 is 1.62 bits per heavy atom. The van der Waals surface area contributed by atoms with Gasteiger partial charge in [0.25, 0.3) is 0 Å². The quantitative estimate of drug-likeness (QED) is 0.667. The number of rotatable bonds is 2. The van der Waals surface area contributed by atoms with E-state index in [1.807, 2.05) is 12.1 Å². The van der Waals surface area contributed by atoms with Crippen LogP contribution in [0, 0.1) is 0 Å². The molecule has 2 aromatic carbocycles. The smallest absolute Gasteiger partial charge is 0.139 e. The number of fused-ring (bicyclic) bond motifs is 1. The highest BCUT2D eigenvalue weighted by Crippen LogP contribution is 2.27. The summed E-state index contributed by atoms with van der Waals surface area (Å²) < 4.78 is 1.06. The third kappa shape index (κ3) is 3.08. The molecule has 0 atom stereocenters. The summed E-state index contributed by atoms with van der Waals surface area (Å²) in [4.78, 5) is 13.8. The van der Waals surface area contributed by atoms with Crippen LogP contribution in [0.1, 0.15) is 6.42 Å². The zero-order chi connectivity index (χ0) is 16.4. The number of nitrogens with zero attached hydrogens (tertiary/aromatic N) is 4. The van der Waals surface area contributed by atoms with Crippen molar-refractivity contribution in [3.63, 3.8) is 0 Å². The lowest BCUT2D eigenvalue weighted by molar-refractivity contribution is 0.799. The fourth-order valence-corrected chi connectivity index (χ4v) is 3.65. The molecule has 0 radical (unpaired) electrons.